The second-order valence-corrected chi connectivity index (χ2v) is 7.03. The average molecular weight is 339 g/mol. The number of fused-ring (bicyclic) bond motifs is 1. The summed E-state index contributed by atoms with van der Waals surface area (Å²) < 4.78 is 11.2. The first-order valence-corrected chi connectivity index (χ1v) is 8.49. The first-order chi connectivity index (χ1) is 10.5. The van der Waals surface area contributed by atoms with E-state index in [2.05, 4.69) is 24.1 Å². The third kappa shape index (κ3) is 3.21. The summed E-state index contributed by atoms with van der Waals surface area (Å²) in [6.07, 6.45) is 0. The van der Waals surface area contributed by atoms with Crippen LogP contribution in [0.5, 0.6) is 11.5 Å². The minimum Gasteiger partial charge on any atom is -0.486 e. The number of nitrogens with zero attached hydrogens (tertiary/aromatic N) is 1. The fourth-order valence-electron chi connectivity index (χ4n) is 2.58. The Bertz CT molecular complexity index is 687. The van der Waals surface area contributed by atoms with Crippen LogP contribution in [0.2, 0.25) is 5.02 Å². The number of hydrogen-bond acceptors (Lipinski definition) is 5. The van der Waals surface area contributed by atoms with Crippen molar-refractivity contribution >= 4 is 22.9 Å². The summed E-state index contributed by atoms with van der Waals surface area (Å²) in [5.41, 5.74) is 2.18. The number of hydrogen-bond donors (Lipinski definition) is 1. The summed E-state index contributed by atoms with van der Waals surface area (Å²) in [6.45, 7) is 8.07. The highest BCUT2D eigenvalue weighted by molar-refractivity contribution is 7.11. The van der Waals surface area contributed by atoms with Gasteiger partial charge in [0.15, 0.2) is 11.5 Å². The van der Waals surface area contributed by atoms with Crippen molar-refractivity contribution in [2.45, 2.75) is 33.4 Å². The van der Waals surface area contributed by atoms with Crippen molar-refractivity contribution in [3.63, 3.8) is 0 Å². The van der Waals surface area contributed by atoms with Gasteiger partial charge in [0.25, 0.3) is 0 Å². The predicted octanol–water partition coefficient (Wildman–Crippen LogP) is 4.04. The third-order valence-electron chi connectivity index (χ3n) is 3.60. The van der Waals surface area contributed by atoms with Gasteiger partial charge < -0.3 is 14.8 Å². The van der Waals surface area contributed by atoms with Gasteiger partial charge in [-0.2, -0.15) is 0 Å². The Kier molecular flexibility index (Phi) is 4.57. The second kappa shape index (κ2) is 6.44. The molecule has 4 nitrogen and oxygen atoms in total. The van der Waals surface area contributed by atoms with Gasteiger partial charge in [-0.1, -0.05) is 11.6 Å². The van der Waals surface area contributed by atoms with Gasteiger partial charge in [-0.3, -0.25) is 0 Å². The number of benzene rings is 1. The van der Waals surface area contributed by atoms with Gasteiger partial charge in [0, 0.05) is 17.5 Å². The molecule has 1 atom stereocenters. The molecule has 1 aliphatic heterocycles. The van der Waals surface area contributed by atoms with E-state index in [-0.39, 0.29) is 6.04 Å². The lowest BCUT2D eigenvalue weighted by molar-refractivity contribution is 0.171. The van der Waals surface area contributed by atoms with Crippen molar-refractivity contribution in [2.24, 2.45) is 0 Å². The number of halogens is 1. The van der Waals surface area contributed by atoms with Crippen molar-refractivity contribution in [2.75, 3.05) is 13.2 Å². The third-order valence-corrected chi connectivity index (χ3v) is 5.14. The molecule has 3 rings (SSSR count). The highest BCUT2D eigenvalue weighted by atomic mass is 35.5. The number of rotatable bonds is 4. The molecule has 0 amide bonds. The molecule has 1 aromatic carbocycles. The molecule has 0 radical (unpaired) electrons. The topological polar surface area (TPSA) is 43.4 Å². The molecule has 0 saturated heterocycles. The molecule has 1 aliphatic rings. The summed E-state index contributed by atoms with van der Waals surface area (Å²) >= 11 is 8.01. The highest BCUT2D eigenvalue weighted by Gasteiger charge is 2.17. The van der Waals surface area contributed by atoms with Crippen molar-refractivity contribution in [1.29, 1.82) is 0 Å². The smallest absolute Gasteiger partial charge is 0.179 e. The second-order valence-electron chi connectivity index (χ2n) is 5.39. The van der Waals surface area contributed by atoms with E-state index in [9.17, 15) is 0 Å². The van der Waals surface area contributed by atoms with Crippen LogP contribution in [-0.4, -0.2) is 18.2 Å². The van der Waals surface area contributed by atoms with Crippen molar-refractivity contribution in [3.05, 3.63) is 38.3 Å². The molecule has 6 heteroatoms. The van der Waals surface area contributed by atoms with E-state index in [1.54, 1.807) is 11.3 Å². The lowest BCUT2D eigenvalue weighted by atomic mass is 10.1. The van der Waals surface area contributed by atoms with E-state index >= 15 is 0 Å². The molecular weight excluding hydrogens is 320 g/mol. The van der Waals surface area contributed by atoms with Gasteiger partial charge in [-0.05, 0) is 38.5 Å². The minimum atomic E-state index is 0.248. The molecule has 0 aliphatic carbocycles. The largest absolute Gasteiger partial charge is 0.486 e. The molecule has 2 heterocycles. The molecule has 0 fully saturated rings. The quantitative estimate of drug-likeness (QED) is 0.913. The summed E-state index contributed by atoms with van der Waals surface area (Å²) in [5.74, 6) is 1.38. The summed E-state index contributed by atoms with van der Waals surface area (Å²) in [7, 11) is 0. The normalized spacial score (nSPS) is 14.9. The van der Waals surface area contributed by atoms with Gasteiger partial charge in [0.2, 0.25) is 0 Å². The highest BCUT2D eigenvalue weighted by Crippen LogP contribution is 2.38. The molecule has 0 spiro atoms. The van der Waals surface area contributed by atoms with E-state index in [0.717, 1.165) is 22.0 Å². The fraction of sp³-hybridized carbons (Fsp3) is 0.438. The maximum absolute atomic E-state index is 6.27. The van der Waals surface area contributed by atoms with Crippen molar-refractivity contribution in [1.82, 2.24) is 10.3 Å². The van der Waals surface area contributed by atoms with E-state index in [4.69, 9.17) is 21.1 Å². The van der Waals surface area contributed by atoms with Crippen LogP contribution >= 0.6 is 22.9 Å². The van der Waals surface area contributed by atoms with Gasteiger partial charge in [0.05, 0.1) is 15.7 Å². The average Bonchev–Trinajstić information content (AvgIpc) is 2.84. The zero-order valence-electron chi connectivity index (χ0n) is 12.9. The summed E-state index contributed by atoms with van der Waals surface area (Å²) in [5, 5.41) is 5.22. The lowest BCUT2D eigenvalue weighted by Gasteiger charge is -2.21. The Morgan fingerprint density at radius 1 is 1.32 bits per heavy atom. The molecule has 0 unspecified atom stereocenters. The predicted molar refractivity (Wildman–Crippen MR) is 89.3 cm³/mol. The lowest BCUT2D eigenvalue weighted by Crippen LogP contribution is -2.19. The molecule has 0 bridgehead atoms. The van der Waals surface area contributed by atoms with Crippen LogP contribution in [0, 0.1) is 13.8 Å². The molecule has 22 heavy (non-hydrogen) atoms. The maximum atomic E-state index is 6.27. The van der Waals surface area contributed by atoms with Crippen molar-refractivity contribution in [3.8, 4) is 11.5 Å². The minimum absolute atomic E-state index is 0.248. The van der Waals surface area contributed by atoms with Gasteiger partial charge in [0.1, 0.15) is 13.2 Å². The van der Waals surface area contributed by atoms with Crippen LogP contribution in [-0.2, 0) is 6.54 Å². The van der Waals surface area contributed by atoms with Crippen LogP contribution in [0.4, 0.5) is 0 Å². The number of aryl methyl sites for hydroxylation is 2. The zero-order valence-corrected chi connectivity index (χ0v) is 14.5. The standard InChI is InChI=1S/C16H19ClN2O2S/c1-9(16-10(2)19-11(3)22-16)18-8-12-6-13(17)15-14(7-12)20-4-5-21-15/h6-7,9,18H,4-5,8H2,1-3H3/t9-/m0/s1. The maximum Gasteiger partial charge on any atom is 0.179 e. The fourth-order valence-corrected chi connectivity index (χ4v) is 3.82. The summed E-state index contributed by atoms with van der Waals surface area (Å²) in [6, 6.07) is 4.17. The van der Waals surface area contributed by atoms with E-state index in [1.807, 2.05) is 19.1 Å². The van der Waals surface area contributed by atoms with Crippen LogP contribution in [0.3, 0.4) is 0 Å². The monoisotopic (exact) mass is 338 g/mol. The SMILES string of the molecule is Cc1nc(C)c([C@H](C)NCc2cc(Cl)c3c(c2)OCCO3)s1. The number of nitrogens with one attached hydrogen (secondary N) is 1. The zero-order chi connectivity index (χ0) is 15.7. The van der Waals surface area contributed by atoms with Crippen LogP contribution in [0.1, 0.15) is 34.1 Å². The van der Waals surface area contributed by atoms with Crippen LogP contribution in [0.25, 0.3) is 0 Å². The Labute approximate surface area is 139 Å². The van der Waals surface area contributed by atoms with Crippen LogP contribution < -0.4 is 14.8 Å². The molecule has 2 aromatic rings. The Morgan fingerprint density at radius 2 is 2.09 bits per heavy atom. The Balaban J connectivity index is 1.71. The van der Waals surface area contributed by atoms with E-state index in [1.165, 1.54) is 4.88 Å². The summed E-state index contributed by atoms with van der Waals surface area (Å²) in [4.78, 5) is 5.76. The molecule has 0 saturated carbocycles. The van der Waals surface area contributed by atoms with Crippen LogP contribution in [0.15, 0.2) is 12.1 Å². The Morgan fingerprint density at radius 3 is 2.82 bits per heavy atom. The molecule has 118 valence electrons. The number of aromatic nitrogens is 1. The van der Waals surface area contributed by atoms with E-state index < -0.39 is 0 Å². The number of thiazole rings is 1. The van der Waals surface area contributed by atoms with Gasteiger partial charge in [-0.15, -0.1) is 11.3 Å². The van der Waals surface area contributed by atoms with Gasteiger partial charge in [-0.25, -0.2) is 4.98 Å². The number of ether oxygens (including phenoxy) is 2. The molecular formula is C16H19ClN2O2S. The van der Waals surface area contributed by atoms with Gasteiger partial charge >= 0.3 is 0 Å². The van der Waals surface area contributed by atoms with E-state index in [0.29, 0.717) is 30.5 Å². The first kappa shape index (κ1) is 15.6. The molecule has 1 N–H and O–H groups in total. The molecule has 1 aromatic heterocycles. The first-order valence-electron chi connectivity index (χ1n) is 7.30. The van der Waals surface area contributed by atoms with Crippen molar-refractivity contribution < 1.29 is 9.47 Å². The Hall–Kier alpha value is -1.30.